The Balaban J connectivity index is 1.57. The summed E-state index contributed by atoms with van der Waals surface area (Å²) in [7, 11) is -2.89. The Morgan fingerprint density at radius 1 is 1.38 bits per heavy atom. The van der Waals surface area contributed by atoms with Gasteiger partial charge in [0.15, 0.2) is 9.84 Å². The molecule has 6 nitrogen and oxygen atoms in total. The molecule has 130 valence electrons. The monoisotopic (exact) mass is 349 g/mol. The van der Waals surface area contributed by atoms with Crippen molar-refractivity contribution in [2.75, 3.05) is 18.1 Å². The number of fused-ring (bicyclic) bond motifs is 1. The molecule has 1 aliphatic heterocycles. The molecule has 1 aromatic heterocycles. The highest BCUT2D eigenvalue weighted by molar-refractivity contribution is 7.91. The maximum absolute atomic E-state index is 12.1. The van der Waals surface area contributed by atoms with Crippen LogP contribution in [0.3, 0.4) is 0 Å². The van der Waals surface area contributed by atoms with Crippen molar-refractivity contribution >= 4 is 26.8 Å². The zero-order valence-electron chi connectivity index (χ0n) is 13.9. The van der Waals surface area contributed by atoms with Gasteiger partial charge in [-0.3, -0.25) is 4.79 Å². The Hall–Kier alpha value is -1.89. The standard InChI is InChI=1S/C17H23N3O3S/c1-2-16-19-14-5-3-4-6-15(14)20(16)9-7-17(21)18-11-13-8-10-24(22,23)12-13/h3-6,13H,2,7-12H2,1H3,(H,18,21)/t13-/m0/s1. The average Bonchev–Trinajstić information content (AvgIpc) is 3.10. The molecule has 1 fully saturated rings. The number of carbonyl (C=O) groups is 1. The second-order valence-electron chi connectivity index (χ2n) is 6.35. The second-order valence-corrected chi connectivity index (χ2v) is 8.57. The summed E-state index contributed by atoms with van der Waals surface area (Å²) in [5.74, 6) is 1.43. The quantitative estimate of drug-likeness (QED) is 0.858. The van der Waals surface area contributed by atoms with E-state index in [1.165, 1.54) is 0 Å². The summed E-state index contributed by atoms with van der Waals surface area (Å²) in [6, 6.07) is 7.93. The topological polar surface area (TPSA) is 81.1 Å². The van der Waals surface area contributed by atoms with Gasteiger partial charge in [-0.2, -0.15) is 0 Å². The first kappa shape index (κ1) is 17.0. The molecule has 1 atom stereocenters. The third-order valence-electron chi connectivity index (χ3n) is 4.53. The molecule has 0 unspecified atom stereocenters. The van der Waals surface area contributed by atoms with Crippen molar-refractivity contribution in [3.8, 4) is 0 Å². The second kappa shape index (κ2) is 6.93. The van der Waals surface area contributed by atoms with Crippen LogP contribution in [0.25, 0.3) is 11.0 Å². The molecule has 0 aliphatic carbocycles. The smallest absolute Gasteiger partial charge is 0.221 e. The lowest BCUT2D eigenvalue weighted by Gasteiger charge is -2.11. The van der Waals surface area contributed by atoms with Crippen LogP contribution >= 0.6 is 0 Å². The predicted molar refractivity (Wildman–Crippen MR) is 93.5 cm³/mol. The number of sulfone groups is 1. The largest absolute Gasteiger partial charge is 0.356 e. The van der Waals surface area contributed by atoms with E-state index in [0.29, 0.717) is 25.9 Å². The summed E-state index contributed by atoms with van der Waals surface area (Å²) in [5.41, 5.74) is 2.00. The van der Waals surface area contributed by atoms with Gasteiger partial charge in [0.25, 0.3) is 0 Å². The molecule has 1 aromatic carbocycles. The van der Waals surface area contributed by atoms with Crippen LogP contribution in [-0.4, -0.2) is 41.9 Å². The number of hydrogen-bond donors (Lipinski definition) is 1. The minimum Gasteiger partial charge on any atom is -0.356 e. The number of hydrogen-bond acceptors (Lipinski definition) is 4. The number of para-hydroxylation sites is 2. The van der Waals surface area contributed by atoms with Crippen LogP contribution in [-0.2, 0) is 27.6 Å². The van der Waals surface area contributed by atoms with Gasteiger partial charge in [-0.05, 0) is 24.5 Å². The zero-order chi connectivity index (χ0) is 17.2. The summed E-state index contributed by atoms with van der Waals surface area (Å²) >= 11 is 0. The maximum atomic E-state index is 12.1. The third kappa shape index (κ3) is 3.77. The van der Waals surface area contributed by atoms with Gasteiger partial charge >= 0.3 is 0 Å². The van der Waals surface area contributed by atoms with Crippen molar-refractivity contribution in [2.45, 2.75) is 32.7 Å². The molecule has 0 radical (unpaired) electrons. The lowest BCUT2D eigenvalue weighted by molar-refractivity contribution is -0.121. The molecule has 2 aromatic rings. The van der Waals surface area contributed by atoms with Crippen LogP contribution in [0.15, 0.2) is 24.3 Å². The number of aromatic nitrogens is 2. The van der Waals surface area contributed by atoms with Crippen LogP contribution in [0.5, 0.6) is 0 Å². The fraction of sp³-hybridized carbons (Fsp3) is 0.529. The molecule has 1 amide bonds. The van der Waals surface area contributed by atoms with E-state index in [4.69, 9.17) is 0 Å². The Bertz CT molecular complexity index is 842. The number of rotatable bonds is 6. The van der Waals surface area contributed by atoms with Gasteiger partial charge in [-0.25, -0.2) is 13.4 Å². The third-order valence-corrected chi connectivity index (χ3v) is 6.36. The highest BCUT2D eigenvalue weighted by atomic mass is 32.2. The molecule has 0 bridgehead atoms. The fourth-order valence-corrected chi connectivity index (χ4v) is 5.10. The number of benzene rings is 1. The Morgan fingerprint density at radius 3 is 2.88 bits per heavy atom. The number of nitrogens with one attached hydrogen (secondary N) is 1. The lowest BCUT2D eigenvalue weighted by atomic mass is 10.1. The van der Waals surface area contributed by atoms with Gasteiger partial charge in [0, 0.05) is 25.9 Å². The van der Waals surface area contributed by atoms with Crippen LogP contribution in [0, 0.1) is 5.92 Å². The van der Waals surface area contributed by atoms with Crippen molar-refractivity contribution in [1.29, 1.82) is 0 Å². The van der Waals surface area contributed by atoms with Crippen molar-refractivity contribution in [3.63, 3.8) is 0 Å². The summed E-state index contributed by atoms with van der Waals surface area (Å²) < 4.78 is 25.0. The van der Waals surface area contributed by atoms with Crippen LogP contribution < -0.4 is 5.32 Å². The first-order valence-corrected chi connectivity index (χ1v) is 10.2. The molecule has 1 N–H and O–H groups in total. The van der Waals surface area contributed by atoms with Crippen molar-refractivity contribution in [1.82, 2.24) is 14.9 Å². The highest BCUT2D eigenvalue weighted by Gasteiger charge is 2.27. The average molecular weight is 349 g/mol. The summed E-state index contributed by atoms with van der Waals surface area (Å²) in [6.07, 6.45) is 1.83. The molecule has 1 aliphatic rings. The number of nitrogens with zero attached hydrogens (tertiary/aromatic N) is 2. The van der Waals surface area contributed by atoms with Gasteiger partial charge in [0.05, 0.1) is 22.5 Å². The zero-order valence-corrected chi connectivity index (χ0v) is 14.7. The SMILES string of the molecule is CCc1nc2ccccc2n1CCC(=O)NC[C@@H]1CCS(=O)(=O)C1. The summed E-state index contributed by atoms with van der Waals surface area (Å²) in [4.78, 5) is 16.7. The van der Waals surface area contributed by atoms with E-state index in [1.807, 2.05) is 24.3 Å². The van der Waals surface area contributed by atoms with Gasteiger partial charge in [0.1, 0.15) is 5.82 Å². The highest BCUT2D eigenvalue weighted by Crippen LogP contribution is 2.18. The van der Waals surface area contributed by atoms with Gasteiger partial charge in [-0.15, -0.1) is 0 Å². The molecule has 0 spiro atoms. The normalized spacial score (nSPS) is 19.6. The summed E-state index contributed by atoms with van der Waals surface area (Å²) in [5, 5.41) is 2.87. The maximum Gasteiger partial charge on any atom is 0.221 e. The number of aryl methyl sites for hydroxylation is 2. The number of imidazole rings is 1. The van der Waals surface area contributed by atoms with E-state index in [-0.39, 0.29) is 23.3 Å². The van der Waals surface area contributed by atoms with Crippen molar-refractivity contribution in [2.24, 2.45) is 5.92 Å². The molecule has 24 heavy (non-hydrogen) atoms. The number of amides is 1. The number of carbonyl (C=O) groups excluding carboxylic acids is 1. The first-order valence-electron chi connectivity index (χ1n) is 8.40. The minimum absolute atomic E-state index is 0.0425. The van der Waals surface area contributed by atoms with E-state index in [9.17, 15) is 13.2 Å². The molecular weight excluding hydrogens is 326 g/mol. The Kier molecular flexibility index (Phi) is 4.89. The van der Waals surface area contributed by atoms with E-state index in [2.05, 4.69) is 21.8 Å². The van der Waals surface area contributed by atoms with E-state index >= 15 is 0 Å². The molecule has 2 heterocycles. The van der Waals surface area contributed by atoms with Gasteiger partial charge in [-0.1, -0.05) is 19.1 Å². The molecular formula is C17H23N3O3S. The minimum atomic E-state index is -2.89. The molecule has 1 saturated heterocycles. The predicted octanol–water partition coefficient (Wildman–Crippen LogP) is 1.54. The van der Waals surface area contributed by atoms with Crippen molar-refractivity contribution < 1.29 is 13.2 Å². The van der Waals surface area contributed by atoms with Gasteiger partial charge in [0.2, 0.25) is 5.91 Å². The Morgan fingerprint density at radius 2 is 2.17 bits per heavy atom. The van der Waals surface area contributed by atoms with Crippen LogP contribution in [0.1, 0.15) is 25.6 Å². The van der Waals surface area contributed by atoms with Crippen molar-refractivity contribution in [3.05, 3.63) is 30.1 Å². The van der Waals surface area contributed by atoms with E-state index < -0.39 is 9.84 Å². The van der Waals surface area contributed by atoms with Gasteiger partial charge < -0.3 is 9.88 Å². The van der Waals surface area contributed by atoms with Crippen LogP contribution in [0.2, 0.25) is 0 Å². The molecule has 3 rings (SSSR count). The fourth-order valence-electron chi connectivity index (χ4n) is 3.24. The summed E-state index contributed by atoms with van der Waals surface area (Å²) in [6.45, 7) is 3.08. The van der Waals surface area contributed by atoms with E-state index in [0.717, 1.165) is 23.3 Å². The molecule has 0 saturated carbocycles. The lowest BCUT2D eigenvalue weighted by Crippen LogP contribution is -2.30. The Labute approximate surface area is 142 Å². The van der Waals surface area contributed by atoms with E-state index in [1.54, 1.807) is 0 Å². The molecule has 7 heteroatoms. The first-order chi connectivity index (χ1) is 11.5. The van der Waals surface area contributed by atoms with Crippen LogP contribution in [0.4, 0.5) is 0 Å².